The van der Waals surface area contributed by atoms with Gasteiger partial charge in [-0.1, -0.05) is 72.0 Å². The van der Waals surface area contributed by atoms with Gasteiger partial charge in [0.1, 0.15) is 10.6 Å². The second-order valence-corrected chi connectivity index (χ2v) is 9.26. The number of fused-ring (bicyclic) bond motifs is 1. The summed E-state index contributed by atoms with van der Waals surface area (Å²) in [7, 11) is -3.91. The topological polar surface area (TPSA) is 76.9 Å². The summed E-state index contributed by atoms with van der Waals surface area (Å²) in [6.45, 7) is 0. The average molecular weight is 433 g/mol. The van der Waals surface area contributed by atoms with Crippen molar-refractivity contribution in [1.82, 2.24) is 14.8 Å². The number of benzene rings is 3. The van der Waals surface area contributed by atoms with Gasteiger partial charge in [0.05, 0.1) is 22.1 Å². The van der Waals surface area contributed by atoms with Crippen LogP contribution in [0.1, 0.15) is 0 Å². The lowest BCUT2D eigenvalue weighted by atomic mass is 10.2. The van der Waals surface area contributed by atoms with Gasteiger partial charge in [-0.3, -0.25) is 4.72 Å². The van der Waals surface area contributed by atoms with Crippen molar-refractivity contribution in [1.29, 1.82) is 0 Å². The Bertz CT molecular complexity index is 1390. The van der Waals surface area contributed by atoms with E-state index < -0.39 is 10.0 Å². The maximum absolute atomic E-state index is 13.3. The first-order valence-corrected chi connectivity index (χ1v) is 11.5. The maximum Gasteiger partial charge on any atom is 0.267 e. The molecular formula is C22H16N4O2S2. The van der Waals surface area contributed by atoms with E-state index in [9.17, 15) is 8.42 Å². The number of sulfonamides is 1. The van der Waals surface area contributed by atoms with Crippen LogP contribution >= 0.6 is 11.3 Å². The fourth-order valence-electron chi connectivity index (χ4n) is 3.15. The molecule has 0 spiro atoms. The number of hydrogen-bond acceptors (Lipinski definition) is 5. The molecule has 5 aromatic rings. The molecule has 0 atom stereocenters. The summed E-state index contributed by atoms with van der Waals surface area (Å²) < 4.78 is 31.8. The Balaban J connectivity index is 1.61. The molecule has 0 radical (unpaired) electrons. The standard InChI is InChI=1S/C22H16N4O2S2/c27-30(28,25-22-23-18-13-7-8-14-19(18)29-22)20-15-26(17-11-5-2-6-12-17)24-21(20)16-9-3-1-4-10-16/h1-15H,(H,23,25). The molecule has 0 aliphatic heterocycles. The number of hydrogen-bond donors (Lipinski definition) is 1. The van der Waals surface area contributed by atoms with Gasteiger partial charge < -0.3 is 0 Å². The van der Waals surface area contributed by atoms with Crippen molar-refractivity contribution < 1.29 is 8.42 Å². The van der Waals surface area contributed by atoms with Gasteiger partial charge in [0, 0.05) is 5.56 Å². The largest absolute Gasteiger partial charge is 0.267 e. The molecule has 0 aliphatic carbocycles. The molecule has 0 bridgehead atoms. The molecule has 0 amide bonds. The molecule has 8 heteroatoms. The summed E-state index contributed by atoms with van der Waals surface area (Å²) in [4.78, 5) is 4.49. The van der Waals surface area contributed by atoms with Crippen molar-refractivity contribution >= 4 is 36.7 Å². The summed E-state index contributed by atoms with van der Waals surface area (Å²) in [5.74, 6) is 0. The molecule has 2 heterocycles. The summed E-state index contributed by atoms with van der Waals surface area (Å²) >= 11 is 1.30. The summed E-state index contributed by atoms with van der Waals surface area (Å²) in [6, 6.07) is 26.2. The van der Waals surface area contributed by atoms with Crippen LogP contribution in [0.2, 0.25) is 0 Å². The smallest absolute Gasteiger partial charge is 0.254 e. The number of nitrogens with zero attached hydrogens (tertiary/aromatic N) is 3. The molecule has 0 saturated heterocycles. The van der Waals surface area contributed by atoms with Crippen molar-refractivity contribution in [2.24, 2.45) is 0 Å². The highest BCUT2D eigenvalue weighted by Gasteiger charge is 2.25. The highest BCUT2D eigenvalue weighted by atomic mass is 32.2. The molecular weight excluding hydrogens is 416 g/mol. The molecule has 148 valence electrons. The number of rotatable bonds is 5. The molecule has 0 aliphatic rings. The third-order valence-corrected chi connectivity index (χ3v) is 6.97. The zero-order valence-electron chi connectivity index (χ0n) is 15.6. The molecule has 6 nitrogen and oxygen atoms in total. The van der Waals surface area contributed by atoms with Gasteiger partial charge in [0.15, 0.2) is 5.13 Å². The zero-order valence-corrected chi connectivity index (χ0v) is 17.3. The highest BCUT2D eigenvalue weighted by Crippen LogP contribution is 2.31. The van der Waals surface area contributed by atoms with Gasteiger partial charge in [0.2, 0.25) is 0 Å². The molecule has 0 unspecified atom stereocenters. The van der Waals surface area contributed by atoms with Crippen LogP contribution in [-0.4, -0.2) is 23.2 Å². The van der Waals surface area contributed by atoms with Gasteiger partial charge in [0.25, 0.3) is 10.0 Å². The Hall–Kier alpha value is -3.49. The predicted molar refractivity (Wildman–Crippen MR) is 119 cm³/mol. The number of anilines is 1. The molecule has 2 aromatic heterocycles. The van der Waals surface area contributed by atoms with E-state index in [0.717, 1.165) is 21.5 Å². The van der Waals surface area contributed by atoms with Gasteiger partial charge in [-0.25, -0.2) is 18.1 Å². The minimum absolute atomic E-state index is 0.0943. The summed E-state index contributed by atoms with van der Waals surface area (Å²) in [5, 5.41) is 4.90. The lowest BCUT2D eigenvalue weighted by Crippen LogP contribution is -2.13. The second-order valence-electron chi connectivity index (χ2n) is 6.58. The fraction of sp³-hybridized carbons (Fsp3) is 0. The number of para-hydroxylation sites is 2. The molecule has 0 fully saturated rings. The van der Waals surface area contributed by atoms with Crippen LogP contribution in [0.15, 0.2) is 96.0 Å². The maximum atomic E-state index is 13.3. The first kappa shape index (κ1) is 18.5. The quantitative estimate of drug-likeness (QED) is 0.426. The minimum Gasteiger partial charge on any atom is -0.254 e. The van der Waals surface area contributed by atoms with E-state index in [-0.39, 0.29) is 4.90 Å². The SMILES string of the molecule is O=S(=O)(Nc1nc2ccccc2s1)c1cn(-c2ccccc2)nc1-c1ccccc1. The van der Waals surface area contributed by atoms with Crippen LogP contribution in [-0.2, 0) is 10.0 Å². The predicted octanol–water partition coefficient (Wildman–Crippen LogP) is 4.95. The highest BCUT2D eigenvalue weighted by molar-refractivity contribution is 7.93. The first-order valence-electron chi connectivity index (χ1n) is 9.19. The van der Waals surface area contributed by atoms with Crippen LogP contribution < -0.4 is 4.72 Å². The van der Waals surface area contributed by atoms with Crippen LogP contribution in [0, 0.1) is 0 Å². The third-order valence-electron chi connectivity index (χ3n) is 4.55. The number of thiazole rings is 1. The molecule has 30 heavy (non-hydrogen) atoms. The lowest BCUT2D eigenvalue weighted by molar-refractivity contribution is 0.601. The van der Waals surface area contributed by atoms with Gasteiger partial charge in [-0.15, -0.1) is 0 Å². The van der Waals surface area contributed by atoms with E-state index in [2.05, 4.69) is 14.8 Å². The molecule has 3 aromatic carbocycles. The third kappa shape index (κ3) is 3.47. The second kappa shape index (κ2) is 7.40. The van der Waals surface area contributed by atoms with E-state index in [1.165, 1.54) is 17.5 Å². The van der Waals surface area contributed by atoms with Crippen molar-refractivity contribution in [3.05, 3.63) is 91.1 Å². The summed E-state index contributed by atoms with van der Waals surface area (Å²) in [6.07, 6.45) is 1.54. The lowest BCUT2D eigenvalue weighted by Gasteiger charge is -2.05. The van der Waals surface area contributed by atoms with E-state index in [4.69, 9.17) is 0 Å². The van der Waals surface area contributed by atoms with Crippen molar-refractivity contribution in [2.75, 3.05) is 4.72 Å². The zero-order chi connectivity index (χ0) is 20.6. The normalized spacial score (nSPS) is 11.6. The monoisotopic (exact) mass is 432 g/mol. The molecule has 5 rings (SSSR count). The Morgan fingerprint density at radius 1 is 0.833 bits per heavy atom. The Kier molecular flexibility index (Phi) is 4.57. The Morgan fingerprint density at radius 2 is 1.50 bits per heavy atom. The average Bonchev–Trinajstić information content (AvgIpc) is 3.39. The van der Waals surface area contributed by atoms with E-state index in [0.29, 0.717) is 10.8 Å². The number of aromatic nitrogens is 3. The first-order chi connectivity index (χ1) is 14.6. The Morgan fingerprint density at radius 3 is 2.23 bits per heavy atom. The van der Waals surface area contributed by atoms with Gasteiger partial charge in [-0.05, 0) is 24.3 Å². The van der Waals surface area contributed by atoms with Crippen molar-refractivity contribution in [2.45, 2.75) is 4.90 Å². The summed E-state index contributed by atoms with van der Waals surface area (Å²) in [5.41, 5.74) is 2.63. The molecule has 0 saturated carbocycles. The minimum atomic E-state index is -3.91. The fourth-order valence-corrected chi connectivity index (χ4v) is 5.40. The van der Waals surface area contributed by atoms with Crippen molar-refractivity contribution in [3.63, 3.8) is 0 Å². The van der Waals surface area contributed by atoms with E-state index >= 15 is 0 Å². The van der Waals surface area contributed by atoms with Crippen molar-refractivity contribution in [3.8, 4) is 16.9 Å². The Labute approximate surface area is 177 Å². The van der Waals surface area contributed by atoms with E-state index in [1.54, 1.807) is 4.68 Å². The van der Waals surface area contributed by atoms with Crippen LogP contribution in [0.3, 0.4) is 0 Å². The van der Waals surface area contributed by atoms with Crippen LogP contribution in [0.25, 0.3) is 27.2 Å². The van der Waals surface area contributed by atoms with Gasteiger partial charge >= 0.3 is 0 Å². The van der Waals surface area contributed by atoms with Crippen LogP contribution in [0.4, 0.5) is 5.13 Å². The van der Waals surface area contributed by atoms with Gasteiger partial charge in [-0.2, -0.15) is 5.10 Å². The molecule has 1 N–H and O–H groups in total. The van der Waals surface area contributed by atoms with E-state index in [1.807, 2.05) is 84.9 Å². The van der Waals surface area contributed by atoms with Crippen LogP contribution in [0.5, 0.6) is 0 Å². The number of nitrogens with one attached hydrogen (secondary N) is 1.